The van der Waals surface area contributed by atoms with Crippen LogP contribution in [0.4, 0.5) is 22.7 Å². The fourth-order valence-electron chi connectivity index (χ4n) is 2.73. The van der Waals surface area contributed by atoms with Crippen molar-refractivity contribution < 1.29 is 14.5 Å². The van der Waals surface area contributed by atoms with E-state index < -0.39 is 21.1 Å². The van der Waals surface area contributed by atoms with Crippen molar-refractivity contribution in [2.75, 3.05) is 0 Å². The van der Waals surface area contributed by atoms with E-state index in [0.717, 1.165) is 0 Å². The number of hydrogen-bond donors (Lipinski definition) is 1. The van der Waals surface area contributed by atoms with Gasteiger partial charge in [-0.15, -0.1) is 4.59 Å². The molecule has 0 fully saturated rings. The number of para-hydroxylation sites is 2. The van der Waals surface area contributed by atoms with Crippen LogP contribution in [0.5, 0.6) is 0 Å². The second-order valence-corrected chi connectivity index (χ2v) is 6.97. The molecule has 0 amide bonds. The smallest absolute Gasteiger partial charge is 0.338 e. The highest BCUT2D eigenvalue weighted by molar-refractivity contribution is 5.98. The maximum Gasteiger partial charge on any atom is 0.338 e. The summed E-state index contributed by atoms with van der Waals surface area (Å²) in [5, 5.41) is 11.5. The minimum Gasteiger partial charge on any atom is -0.456 e. The van der Waals surface area contributed by atoms with Gasteiger partial charge in [0.05, 0.1) is 10.5 Å². The van der Waals surface area contributed by atoms with Crippen molar-refractivity contribution in [1.82, 2.24) is 4.59 Å². The van der Waals surface area contributed by atoms with Gasteiger partial charge in [-0.1, -0.05) is 12.1 Å². The van der Waals surface area contributed by atoms with E-state index >= 15 is 0 Å². The van der Waals surface area contributed by atoms with E-state index in [2.05, 4.69) is 4.99 Å². The Hall–Kier alpha value is -3.10. The van der Waals surface area contributed by atoms with Gasteiger partial charge in [-0.2, -0.15) is 10.8 Å². The second kappa shape index (κ2) is 6.01. The van der Waals surface area contributed by atoms with Crippen LogP contribution in [0.1, 0.15) is 31.1 Å². The molecule has 2 N–H and O–H groups in total. The van der Waals surface area contributed by atoms with Crippen LogP contribution < -0.4 is 10.4 Å². The predicted octanol–water partition coefficient (Wildman–Crippen LogP) is 3.74. The van der Waals surface area contributed by atoms with Gasteiger partial charge < -0.3 is 4.74 Å². The van der Waals surface area contributed by atoms with Crippen LogP contribution in [0.25, 0.3) is 0 Å². The van der Waals surface area contributed by atoms with Crippen LogP contribution in [-0.4, -0.2) is 22.8 Å². The summed E-state index contributed by atoms with van der Waals surface area (Å²) in [5.74, 6) is 5.88. The molecule has 8 heteroatoms. The summed E-state index contributed by atoms with van der Waals surface area (Å²) in [4.78, 5) is 27.6. The molecule has 1 unspecified atom stereocenters. The maximum absolute atomic E-state index is 12.4. The lowest BCUT2D eigenvalue weighted by molar-refractivity contribution is -0.384. The molecule has 1 atom stereocenters. The zero-order valence-electron chi connectivity index (χ0n) is 14.7. The highest BCUT2D eigenvalue weighted by atomic mass is 16.6. The molecule has 0 radical (unpaired) electrons. The van der Waals surface area contributed by atoms with Gasteiger partial charge in [0.25, 0.3) is 0 Å². The quantitative estimate of drug-likeness (QED) is 0.297. The predicted molar refractivity (Wildman–Crippen MR) is 98.5 cm³/mol. The lowest BCUT2D eigenvalue weighted by Gasteiger charge is -2.24. The number of carbonyl (C=O) groups is 1. The number of rotatable bonds is 3. The molecule has 1 heterocycles. The Morgan fingerprint density at radius 1 is 1.19 bits per heavy atom. The fourth-order valence-corrected chi connectivity index (χ4v) is 2.73. The number of quaternary nitrogens is 1. The topological polar surface area (TPSA) is 108 Å². The summed E-state index contributed by atoms with van der Waals surface area (Å²) >= 11 is 0. The molecular formula is C18H19N4O4+. The molecule has 0 bridgehead atoms. The molecule has 1 aliphatic rings. The van der Waals surface area contributed by atoms with Gasteiger partial charge >= 0.3 is 11.7 Å². The molecular weight excluding hydrogens is 336 g/mol. The van der Waals surface area contributed by atoms with Crippen LogP contribution in [-0.2, 0) is 4.74 Å². The lowest BCUT2D eigenvalue weighted by atomic mass is 10.1. The Morgan fingerprint density at radius 2 is 1.88 bits per heavy atom. The molecule has 0 aromatic heterocycles. The zero-order valence-corrected chi connectivity index (χ0v) is 14.7. The second-order valence-electron chi connectivity index (χ2n) is 6.97. The van der Waals surface area contributed by atoms with E-state index in [-0.39, 0.29) is 16.9 Å². The van der Waals surface area contributed by atoms with E-state index in [9.17, 15) is 14.9 Å². The van der Waals surface area contributed by atoms with Crippen molar-refractivity contribution in [1.29, 1.82) is 0 Å². The first-order valence-electron chi connectivity index (χ1n) is 7.96. The minimum atomic E-state index is -0.685. The van der Waals surface area contributed by atoms with Crippen molar-refractivity contribution in [2.24, 2.45) is 10.8 Å². The van der Waals surface area contributed by atoms with Crippen LogP contribution >= 0.6 is 0 Å². The van der Waals surface area contributed by atoms with Crippen LogP contribution in [0.2, 0.25) is 0 Å². The summed E-state index contributed by atoms with van der Waals surface area (Å²) in [5.41, 5.74) is 0.621. The number of nitro groups is 1. The Bertz CT molecular complexity index is 933. The first-order chi connectivity index (χ1) is 12.1. The fraction of sp³-hybridized carbons (Fsp3) is 0.222. The number of carbonyl (C=O) groups excluding carboxylic acids is 1. The largest absolute Gasteiger partial charge is 0.456 e. The molecule has 8 nitrogen and oxygen atoms in total. The van der Waals surface area contributed by atoms with Crippen molar-refractivity contribution in [3.8, 4) is 0 Å². The maximum atomic E-state index is 12.4. The highest BCUT2D eigenvalue weighted by Gasteiger charge is 2.42. The molecule has 0 spiro atoms. The summed E-state index contributed by atoms with van der Waals surface area (Å²) < 4.78 is 4.86. The monoisotopic (exact) mass is 355 g/mol. The summed E-state index contributed by atoms with van der Waals surface area (Å²) in [6.07, 6.45) is 1.41. The van der Waals surface area contributed by atoms with Gasteiger partial charge in [0.1, 0.15) is 11.3 Å². The molecule has 3 rings (SSSR count). The number of benzene rings is 2. The number of hydrogen-bond acceptors (Lipinski definition) is 6. The number of fused-ring (bicyclic) bond motifs is 1. The molecule has 134 valence electrons. The van der Waals surface area contributed by atoms with Gasteiger partial charge in [-0.3, -0.25) is 10.1 Å². The number of nitrogens with zero attached hydrogens (tertiary/aromatic N) is 3. The van der Waals surface area contributed by atoms with Gasteiger partial charge in [-0.05, 0) is 32.9 Å². The van der Waals surface area contributed by atoms with Crippen molar-refractivity contribution in [3.63, 3.8) is 0 Å². The average Bonchev–Trinajstić information content (AvgIpc) is 2.91. The number of nitro benzene ring substituents is 1. The zero-order chi connectivity index (χ0) is 19.1. The number of aliphatic imine (C=N–C) groups is 1. The van der Waals surface area contributed by atoms with E-state index in [1.165, 1.54) is 24.5 Å². The van der Waals surface area contributed by atoms with E-state index in [4.69, 9.17) is 10.6 Å². The Morgan fingerprint density at radius 3 is 2.54 bits per heavy atom. The lowest BCUT2D eigenvalue weighted by Crippen LogP contribution is -2.48. The molecule has 0 saturated carbocycles. The van der Waals surface area contributed by atoms with Crippen LogP contribution in [0, 0.1) is 10.1 Å². The van der Waals surface area contributed by atoms with Gasteiger partial charge in [0, 0.05) is 18.2 Å². The van der Waals surface area contributed by atoms with Gasteiger partial charge in [0.15, 0.2) is 5.69 Å². The normalized spacial score (nSPS) is 18.5. The van der Waals surface area contributed by atoms with Crippen LogP contribution in [0.3, 0.4) is 0 Å². The number of esters is 1. The van der Waals surface area contributed by atoms with Gasteiger partial charge in [0.2, 0.25) is 12.0 Å². The molecule has 0 saturated heterocycles. The molecule has 1 aliphatic heterocycles. The summed E-state index contributed by atoms with van der Waals surface area (Å²) in [6, 6.07) is 11.1. The Kier molecular flexibility index (Phi) is 4.09. The molecule has 2 aromatic rings. The van der Waals surface area contributed by atoms with Crippen molar-refractivity contribution >= 4 is 35.1 Å². The molecule has 0 aliphatic carbocycles. The average molecular weight is 355 g/mol. The summed E-state index contributed by atoms with van der Waals surface area (Å²) in [7, 11) is 0. The highest BCUT2D eigenvalue weighted by Crippen LogP contribution is 2.44. The SMILES string of the molecule is CC(C)(C)OC(=O)c1ccc([N+](=O)[O-])c([N+]2(N)C=Nc3ccccc32)c1. The van der Waals surface area contributed by atoms with E-state index in [1.54, 1.807) is 45.0 Å². The first-order valence-corrected chi connectivity index (χ1v) is 7.96. The number of nitrogens with two attached hydrogens (primary N) is 1. The first kappa shape index (κ1) is 17.7. The third-order valence-corrected chi connectivity index (χ3v) is 3.86. The van der Waals surface area contributed by atoms with E-state index in [1.807, 2.05) is 0 Å². The standard InChI is InChI=1S/C18H19N4O4/c1-18(2,3)26-17(23)12-8-9-14(21(24)25)16(10-12)22(19)11-20-13-6-4-5-7-15(13)22/h4-11H,19H2,1-3H3/q+1. The van der Waals surface area contributed by atoms with Crippen LogP contribution in [0.15, 0.2) is 47.5 Å². The Balaban J connectivity index is 2.14. The van der Waals surface area contributed by atoms with E-state index in [0.29, 0.717) is 11.4 Å². The Labute approximate surface area is 150 Å². The minimum absolute atomic E-state index is 0.132. The molecule has 2 aromatic carbocycles. The molecule has 26 heavy (non-hydrogen) atoms. The van der Waals surface area contributed by atoms with Gasteiger partial charge in [-0.25, -0.2) is 4.79 Å². The van der Waals surface area contributed by atoms with Crippen molar-refractivity contribution in [2.45, 2.75) is 26.4 Å². The third-order valence-electron chi connectivity index (χ3n) is 3.86. The van der Waals surface area contributed by atoms with Crippen molar-refractivity contribution in [3.05, 3.63) is 58.1 Å². The third kappa shape index (κ3) is 3.07. The summed E-state index contributed by atoms with van der Waals surface area (Å²) in [6.45, 7) is 5.24. The number of ether oxygens (including phenoxy) is 1.